The molecular weight excluding hydrogens is 345 g/mol. The molecule has 0 aliphatic rings. The van der Waals surface area contributed by atoms with Crippen molar-refractivity contribution in [2.24, 2.45) is 5.14 Å². The summed E-state index contributed by atoms with van der Waals surface area (Å²) in [6.45, 7) is 0. The molecular formula is C12H8Cl3NO3S. The SMILES string of the molecule is NS(=O)(=O)c1ccc(Oc2cc(Cl)cc(Cl)c2)c(Cl)c1. The van der Waals surface area contributed by atoms with Gasteiger partial charge in [-0.1, -0.05) is 34.8 Å². The van der Waals surface area contributed by atoms with E-state index in [-0.39, 0.29) is 15.7 Å². The highest BCUT2D eigenvalue weighted by Gasteiger charge is 2.12. The molecule has 0 saturated heterocycles. The van der Waals surface area contributed by atoms with Crippen LogP contribution in [0.5, 0.6) is 11.5 Å². The second kappa shape index (κ2) is 5.79. The van der Waals surface area contributed by atoms with Gasteiger partial charge in [-0.25, -0.2) is 13.6 Å². The Kier molecular flexibility index (Phi) is 4.46. The lowest BCUT2D eigenvalue weighted by molar-refractivity contribution is 0.482. The van der Waals surface area contributed by atoms with Crippen LogP contribution in [0.25, 0.3) is 0 Å². The summed E-state index contributed by atoms with van der Waals surface area (Å²) >= 11 is 17.6. The number of nitrogens with two attached hydrogens (primary N) is 1. The number of hydrogen-bond donors (Lipinski definition) is 1. The summed E-state index contributed by atoms with van der Waals surface area (Å²) < 4.78 is 27.9. The van der Waals surface area contributed by atoms with Crippen molar-refractivity contribution in [3.8, 4) is 11.5 Å². The molecule has 0 heterocycles. The van der Waals surface area contributed by atoms with Crippen LogP contribution in [0.3, 0.4) is 0 Å². The summed E-state index contributed by atoms with van der Waals surface area (Å²) in [6.07, 6.45) is 0. The Balaban J connectivity index is 2.35. The number of rotatable bonds is 3. The molecule has 0 unspecified atom stereocenters. The standard InChI is InChI=1S/C12H8Cl3NO3S/c13-7-3-8(14)5-9(4-7)19-12-2-1-10(6-11(12)15)20(16,17)18/h1-6H,(H2,16,17,18). The number of hydrogen-bond acceptors (Lipinski definition) is 3. The number of halogens is 3. The molecule has 0 radical (unpaired) electrons. The Hall–Kier alpha value is -0.980. The van der Waals surface area contributed by atoms with Crippen molar-refractivity contribution in [3.63, 3.8) is 0 Å². The fraction of sp³-hybridized carbons (Fsp3) is 0. The van der Waals surface area contributed by atoms with E-state index in [1.165, 1.54) is 18.2 Å². The highest BCUT2D eigenvalue weighted by Crippen LogP contribution is 2.33. The third kappa shape index (κ3) is 3.77. The summed E-state index contributed by atoms with van der Waals surface area (Å²) in [5.74, 6) is 0.644. The van der Waals surface area contributed by atoms with Gasteiger partial charge in [0.1, 0.15) is 11.5 Å². The van der Waals surface area contributed by atoms with Gasteiger partial charge in [-0.15, -0.1) is 0 Å². The number of sulfonamides is 1. The Labute approximate surface area is 131 Å². The number of ether oxygens (including phenoxy) is 1. The van der Waals surface area contributed by atoms with Gasteiger partial charge in [0, 0.05) is 10.0 Å². The van der Waals surface area contributed by atoms with E-state index in [9.17, 15) is 8.42 Å². The molecule has 2 N–H and O–H groups in total. The van der Waals surface area contributed by atoms with Gasteiger partial charge in [0.05, 0.1) is 9.92 Å². The van der Waals surface area contributed by atoms with Crippen LogP contribution < -0.4 is 9.88 Å². The molecule has 20 heavy (non-hydrogen) atoms. The fourth-order valence-electron chi connectivity index (χ4n) is 1.46. The third-order valence-corrected chi connectivity index (χ3v) is 3.94. The Morgan fingerprint density at radius 2 is 1.55 bits per heavy atom. The van der Waals surface area contributed by atoms with E-state index in [0.29, 0.717) is 15.8 Å². The molecule has 8 heteroatoms. The maximum Gasteiger partial charge on any atom is 0.238 e. The first-order chi connectivity index (χ1) is 9.25. The predicted octanol–water partition coefficient (Wildman–Crippen LogP) is 4.09. The van der Waals surface area contributed by atoms with Crippen molar-refractivity contribution in [1.29, 1.82) is 0 Å². The molecule has 0 aliphatic carbocycles. The van der Waals surface area contributed by atoms with Crippen LogP contribution in [-0.2, 0) is 10.0 Å². The van der Waals surface area contributed by atoms with Gasteiger partial charge >= 0.3 is 0 Å². The van der Waals surface area contributed by atoms with Crippen LogP contribution in [0.15, 0.2) is 41.3 Å². The average molecular weight is 353 g/mol. The monoisotopic (exact) mass is 351 g/mol. The molecule has 2 rings (SSSR count). The first kappa shape index (κ1) is 15.4. The second-order valence-corrected chi connectivity index (χ2v) is 6.69. The van der Waals surface area contributed by atoms with Crippen molar-refractivity contribution < 1.29 is 13.2 Å². The third-order valence-electron chi connectivity index (χ3n) is 2.30. The highest BCUT2D eigenvalue weighted by molar-refractivity contribution is 7.89. The van der Waals surface area contributed by atoms with E-state index in [2.05, 4.69) is 0 Å². The van der Waals surface area contributed by atoms with E-state index in [1.54, 1.807) is 18.2 Å². The summed E-state index contributed by atoms with van der Waals surface area (Å²) in [4.78, 5) is -0.0982. The molecule has 2 aromatic rings. The molecule has 106 valence electrons. The van der Waals surface area contributed by atoms with Crippen LogP contribution >= 0.6 is 34.8 Å². The lowest BCUT2D eigenvalue weighted by Gasteiger charge is -2.09. The van der Waals surface area contributed by atoms with Gasteiger partial charge in [-0.3, -0.25) is 0 Å². The lowest BCUT2D eigenvalue weighted by atomic mass is 10.3. The molecule has 4 nitrogen and oxygen atoms in total. The maximum absolute atomic E-state index is 11.2. The molecule has 0 bridgehead atoms. The van der Waals surface area contributed by atoms with Crippen molar-refractivity contribution in [3.05, 3.63) is 51.5 Å². The van der Waals surface area contributed by atoms with Crippen molar-refractivity contribution in [1.82, 2.24) is 0 Å². The minimum Gasteiger partial charge on any atom is -0.456 e. The fourth-order valence-corrected chi connectivity index (χ4v) is 2.79. The highest BCUT2D eigenvalue weighted by atomic mass is 35.5. The molecule has 0 amide bonds. The second-order valence-electron chi connectivity index (χ2n) is 3.84. The zero-order valence-electron chi connectivity index (χ0n) is 9.81. The zero-order chi connectivity index (χ0) is 14.9. The molecule has 0 atom stereocenters. The number of benzene rings is 2. The van der Waals surface area contributed by atoms with Crippen molar-refractivity contribution >= 4 is 44.8 Å². The van der Waals surface area contributed by atoms with Crippen LogP contribution in [0, 0.1) is 0 Å². The van der Waals surface area contributed by atoms with Gasteiger partial charge < -0.3 is 4.74 Å². The molecule has 0 fully saturated rings. The molecule has 0 spiro atoms. The van der Waals surface area contributed by atoms with Gasteiger partial charge in [-0.2, -0.15) is 0 Å². The zero-order valence-corrected chi connectivity index (χ0v) is 12.9. The lowest BCUT2D eigenvalue weighted by Crippen LogP contribution is -2.11. The number of primary sulfonamides is 1. The molecule has 0 aliphatic heterocycles. The summed E-state index contributed by atoms with van der Waals surface area (Å²) in [6, 6.07) is 8.56. The van der Waals surface area contributed by atoms with Gasteiger partial charge in [0.15, 0.2) is 0 Å². The van der Waals surface area contributed by atoms with E-state index in [0.717, 1.165) is 0 Å². The Morgan fingerprint density at radius 3 is 2.05 bits per heavy atom. The average Bonchev–Trinajstić information content (AvgIpc) is 2.29. The van der Waals surface area contributed by atoms with Gasteiger partial charge in [-0.05, 0) is 36.4 Å². The van der Waals surface area contributed by atoms with Crippen molar-refractivity contribution in [2.75, 3.05) is 0 Å². The predicted molar refractivity (Wildman–Crippen MR) is 79.4 cm³/mol. The van der Waals surface area contributed by atoms with E-state index < -0.39 is 10.0 Å². The van der Waals surface area contributed by atoms with Gasteiger partial charge in [0.2, 0.25) is 10.0 Å². The van der Waals surface area contributed by atoms with Crippen LogP contribution in [0.4, 0.5) is 0 Å². The maximum atomic E-state index is 11.2. The normalized spacial score (nSPS) is 11.4. The smallest absolute Gasteiger partial charge is 0.238 e. The molecule has 2 aromatic carbocycles. The van der Waals surface area contributed by atoms with Gasteiger partial charge in [0.25, 0.3) is 0 Å². The van der Waals surface area contributed by atoms with Crippen LogP contribution in [0.2, 0.25) is 15.1 Å². The van der Waals surface area contributed by atoms with Crippen LogP contribution in [-0.4, -0.2) is 8.42 Å². The van der Waals surface area contributed by atoms with Crippen molar-refractivity contribution in [2.45, 2.75) is 4.90 Å². The summed E-state index contributed by atoms with van der Waals surface area (Å²) in [7, 11) is -3.81. The summed E-state index contributed by atoms with van der Waals surface area (Å²) in [5.41, 5.74) is 0. The summed E-state index contributed by atoms with van der Waals surface area (Å²) in [5, 5.41) is 5.92. The van der Waals surface area contributed by atoms with E-state index in [1.807, 2.05) is 0 Å². The van der Waals surface area contributed by atoms with Crippen LogP contribution in [0.1, 0.15) is 0 Å². The Morgan fingerprint density at radius 1 is 0.950 bits per heavy atom. The topological polar surface area (TPSA) is 69.4 Å². The minimum atomic E-state index is -3.81. The largest absolute Gasteiger partial charge is 0.456 e. The molecule has 0 saturated carbocycles. The molecule has 0 aromatic heterocycles. The van der Waals surface area contributed by atoms with E-state index in [4.69, 9.17) is 44.7 Å². The Bertz CT molecular complexity index is 742. The first-order valence-corrected chi connectivity index (χ1v) is 7.90. The quantitative estimate of drug-likeness (QED) is 0.904. The first-order valence-electron chi connectivity index (χ1n) is 5.22. The minimum absolute atomic E-state index is 0.0982. The van der Waals surface area contributed by atoms with E-state index >= 15 is 0 Å².